The van der Waals surface area contributed by atoms with Crippen LogP contribution in [0.25, 0.3) is 0 Å². The Kier molecular flexibility index (Phi) is 4.31. The molecule has 1 aromatic rings. The Balaban J connectivity index is 1.91. The van der Waals surface area contributed by atoms with Crippen molar-refractivity contribution in [1.29, 1.82) is 0 Å². The fourth-order valence-corrected chi connectivity index (χ4v) is 3.25. The maximum Gasteiger partial charge on any atom is 0.185 e. The van der Waals surface area contributed by atoms with E-state index in [4.69, 9.17) is 18.0 Å². The molecule has 1 fully saturated rings. The number of nitrogens with two attached hydrogens (primary N) is 1. The molecule has 4 nitrogen and oxygen atoms in total. The van der Waals surface area contributed by atoms with Crippen LogP contribution in [0.1, 0.15) is 13.3 Å². The second-order valence-corrected chi connectivity index (χ2v) is 5.51. The summed E-state index contributed by atoms with van der Waals surface area (Å²) in [6, 6.07) is 0.253. The van der Waals surface area contributed by atoms with Gasteiger partial charge >= 0.3 is 0 Å². The highest BCUT2D eigenvalue weighted by Crippen LogP contribution is 2.20. The van der Waals surface area contributed by atoms with Gasteiger partial charge in [-0.2, -0.15) is 0 Å². The van der Waals surface area contributed by atoms with Crippen LogP contribution in [0.2, 0.25) is 0 Å². The number of piperazine rings is 1. The quantitative estimate of drug-likeness (QED) is 0.836. The van der Waals surface area contributed by atoms with Crippen LogP contribution in [0.4, 0.5) is 5.13 Å². The van der Waals surface area contributed by atoms with Gasteiger partial charge in [0.15, 0.2) is 5.13 Å². The third-order valence-electron chi connectivity index (χ3n) is 3.16. The molecule has 0 amide bonds. The lowest BCUT2D eigenvalue weighted by atomic mass is 10.1. The number of hydrogen-bond donors (Lipinski definition) is 1. The van der Waals surface area contributed by atoms with Gasteiger partial charge in [0.1, 0.15) is 0 Å². The van der Waals surface area contributed by atoms with E-state index in [9.17, 15) is 0 Å². The molecule has 94 valence electrons. The van der Waals surface area contributed by atoms with Crippen LogP contribution in [0, 0.1) is 0 Å². The minimum atomic E-state index is 0.253. The van der Waals surface area contributed by atoms with Crippen molar-refractivity contribution in [2.24, 2.45) is 5.73 Å². The Morgan fingerprint density at radius 1 is 1.53 bits per heavy atom. The molecule has 1 aliphatic rings. The van der Waals surface area contributed by atoms with Crippen LogP contribution in [-0.2, 0) is 0 Å². The smallest absolute Gasteiger partial charge is 0.185 e. The first-order chi connectivity index (χ1) is 8.22. The largest absolute Gasteiger partial charge is 0.392 e. The van der Waals surface area contributed by atoms with Crippen molar-refractivity contribution in [3.63, 3.8) is 0 Å². The van der Waals surface area contributed by atoms with Gasteiger partial charge in [-0.1, -0.05) is 19.1 Å². The lowest BCUT2D eigenvalue weighted by Crippen LogP contribution is -2.53. The van der Waals surface area contributed by atoms with Crippen molar-refractivity contribution >= 4 is 33.7 Å². The van der Waals surface area contributed by atoms with Gasteiger partial charge in [0.2, 0.25) is 0 Å². The second kappa shape index (κ2) is 5.75. The van der Waals surface area contributed by atoms with Crippen LogP contribution in [-0.4, -0.2) is 47.1 Å². The van der Waals surface area contributed by atoms with Crippen LogP contribution in [0.3, 0.4) is 0 Å². The average molecular weight is 270 g/mol. The van der Waals surface area contributed by atoms with E-state index in [0.717, 1.165) is 37.7 Å². The summed E-state index contributed by atoms with van der Waals surface area (Å²) in [4.78, 5) is 9.67. The molecular weight excluding hydrogens is 252 g/mol. The maximum atomic E-state index is 5.77. The minimum Gasteiger partial charge on any atom is -0.392 e. The molecule has 1 aromatic heterocycles. The van der Waals surface area contributed by atoms with E-state index in [-0.39, 0.29) is 6.04 Å². The van der Waals surface area contributed by atoms with Gasteiger partial charge in [0.05, 0.1) is 11.0 Å². The third kappa shape index (κ3) is 2.94. The molecule has 1 atom stereocenters. The lowest BCUT2D eigenvalue weighted by Gasteiger charge is -2.38. The molecule has 0 bridgehead atoms. The molecule has 1 unspecified atom stereocenters. The fraction of sp³-hybridized carbons (Fsp3) is 0.636. The zero-order valence-electron chi connectivity index (χ0n) is 10.0. The topological polar surface area (TPSA) is 45.4 Å². The summed E-state index contributed by atoms with van der Waals surface area (Å²) in [6.45, 7) is 6.17. The molecule has 0 spiro atoms. The number of aromatic nitrogens is 1. The van der Waals surface area contributed by atoms with E-state index >= 15 is 0 Å². The zero-order chi connectivity index (χ0) is 12.3. The summed E-state index contributed by atoms with van der Waals surface area (Å²) in [5, 5.41) is 3.14. The molecule has 2 heterocycles. The van der Waals surface area contributed by atoms with E-state index in [1.165, 1.54) is 0 Å². The number of nitrogens with zero attached hydrogens (tertiary/aromatic N) is 3. The Morgan fingerprint density at radius 3 is 2.71 bits per heavy atom. The van der Waals surface area contributed by atoms with Crippen LogP contribution in [0.15, 0.2) is 11.6 Å². The second-order valence-electron chi connectivity index (χ2n) is 4.16. The minimum absolute atomic E-state index is 0.253. The van der Waals surface area contributed by atoms with E-state index in [1.807, 2.05) is 11.6 Å². The van der Waals surface area contributed by atoms with Crippen LogP contribution < -0.4 is 10.6 Å². The first-order valence-electron chi connectivity index (χ1n) is 5.90. The monoisotopic (exact) mass is 270 g/mol. The summed E-state index contributed by atoms with van der Waals surface area (Å²) >= 11 is 6.82. The highest BCUT2D eigenvalue weighted by atomic mass is 32.1. The number of anilines is 1. The van der Waals surface area contributed by atoms with Gasteiger partial charge < -0.3 is 10.6 Å². The molecular formula is C11H18N4S2. The fourth-order valence-electron chi connectivity index (χ4n) is 2.24. The van der Waals surface area contributed by atoms with Gasteiger partial charge in [0, 0.05) is 37.8 Å². The van der Waals surface area contributed by atoms with E-state index in [2.05, 4.69) is 21.7 Å². The van der Waals surface area contributed by atoms with Gasteiger partial charge in [-0.25, -0.2) is 4.98 Å². The molecule has 1 saturated heterocycles. The van der Waals surface area contributed by atoms with Crippen LogP contribution in [0.5, 0.6) is 0 Å². The SMILES string of the molecule is CCC(C(N)=S)N1CCN(c2nccs2)CC1. The summed E-state index contributed by atoms with van der Waals surface area (Å²) < 4.78 is 0. The number of thiazole rings is 1. The van der Waals surface area contributed by atoms with E-state index in [0.29, 0.717) is 4.99 Å². The van der Waals surface area contributed by atoms with Crippen molar-refractivity contribution in [3.05, 3.63) is 11.6 Å². The average Bonchev–Trinajstić information content (AvgIpc) is 2.84. The van der Waals surface area contributed by atoms with Gasteiger partial charge in [0.25, 0.3) is 0 Å². The van der Waals surface area contributed by atoms with Crippen molar-refractivity contribution in [2.75, 3.05) is 31.1 Å². The Bertz CT molecular complexity index is 358. The van der Waals surface area contributed by atoms with E-state index < -0.39 is 0 Å². The first kappa shape index (κ1) is 12.7. The molecule has 6 heteroatoms. The third-order valence-corrected chi connectivity index (χ3v) is 4.26. The molecule has 17 heavy (non-hydrogen) atoms. The molecule has 0 saturated carbocycles. The molecule has 2 N–H and O–H groups in total. The normalized spacial score (nSPS) is 19.2. The maximum absolute atomic E-state index is 5.77. The summed E-state index contributed by atoms with van der Waals surface area (Å²) in [6.07, 6.45) is 2.85. The number of hydrogen-bond acceptors (Lipinski definition) is 5. The number of rotatable bonds is 4. The predicted octanol–water partition coefficient (Wildman–Crippen LogP) is 1.33. The zero-order valence-corrected chi connectivity index (χ0v) is 11.6. The number of thiocarbonyl (C=S) groups is 1. The first-order valence-corrected chi connectivity index (χ1v) is 7.19. The molecule has 2 rings (SSSR count). The molecule has 0 radical (unpaired) electrons. The standard InChI is InChI=1S/C11H18N4S2/c1-2-9(10(12)16)14-4-6-15(7-5-14)11-13-3-8-17-11/h3,8-9H,2,4-7H2,1H3,(H2,12,16). The predicted molar refractivity (Wildman–Crippen MR) is 76.8 cm³/mol. The molecule has 1 aliphatic heterocycles. The van der Waals surface area contributed by atoms with Gasteiger partial charge in [-0.3, -0.25) is 4.90 Å². The summed E-state index contributed by atoms with van der Waals surface area (Å²) in [5.74, 6) is 0. The van der Waals surface area contributed by atoms with Gasteiger partial charge in [-0.15, -0.1) is 11.3 Å². The Hall–Kier alpha value is -0.720. The summed E-state index contributed by atoms with van der Waals surface area (Å²) in [7, 11) is 0. The molecule has 0 aliphatic carbocycles. The van der Waals surface area contributed by atoms with Crippen molar-refractivity contribution in [2.45, 2.75) is 19.4 Å². The van der Waals surface area contributed by atoms with E-state index in [1.54, 1.807) is 11.3 Å². The van der Waals surface area contributed by atoms with Crippen molar-refractivity contribution in [1.82, 2.24) is 9.88 Å². The highest BCUT2D eigenvalue weighted by molar-refractivity contribution is 7.80. The molecule has 0 aromatic carbocycles. The van der Waals surface area contributed by atoms with Crippen LogP contribution >= 0.6 is 23.6 Å². The lowest BCUT2D eigenvalue weighted by molar-refractivity contribution is 0.224. The Labute approximate surface area is 111 Å². The summed E-state index contributed by atoms with van der Waals surface area (Å²) in [5.41, 5.74) is 5.77. The van der Waals surface area contributed by atoms with Crippen molar-refractivity contribution in [3.8, 4) is 0 Å². The highest BCUT2D eigenvalue weighted by Gasteiger charge is 2.25. The van der Waals surface area contributed by atoms with Gasteiger partial charge in [-0.05, 0) is 6.42 Å². The Morgan fingerprint density at radius 2 is 2.24 bits per heavy atom. The van der Waals surface area contributed by atoms with Crippen molar-refractivity contribution < 1.29 is 0 Å².